The van der Waals surface area contributed by atoms with Gasteiger partial charge in [0.2, 0.25) is 5.91 Å². The fourth-order valence-electron chi connectivity index (χ4n) is 4.13. The standard InChI is InChI=1S/C25H27N3O/c29-25(28-15-14-27-19-24(28)22-12-7-13-26-18-22)17-23(21-10-5-2-6-11-21)16-20-8-3-1-4-9-20/h1-13,18,23-24,27H,14-17,19H2. The molecule has 0 radical (unpaired) electrons. The zero-order valence-corrected chi connectivity index (χ0v) is 16.6. The molecule has 4 nitrogen and oxygen atoms in total. The largest absolute Gasteiger partial charge is 0.333 e. The Balaban J connectivity index is 1.55. The fourth-order valence-corrected chi connectivity index (χ4v) is 4.13. The van der Waals surface area contributed by atoms with Gasteiger partial charge in [0.15, 0.2) is 0 Å². The van der Waals surface area contributed by atoms with Crippen LogP contribution in [0.1, 0.15) is 35.1 Å². The maximum absolute atomic E-state index is 13.4. The van der Waals surface area contributed by atoms with E-state index in [1.54, 1.807) is 6.20 Å². The van der Waals surface area contributed by atoms with E-state index < -0.39 is 0 Å². The Labute approximate surface area is 172 Å². The number of benzene rings is 2. The minimum atomic E-state index is 0.0399. The first kappa shape index (κ1) is 19.3. The number of rotatable bonds is 6. The van der Waals surface area contributed by atoms with Crippen LogP contribution < -0.4 is 5.32 Å². The van der Waals surface area contributed by atoms with E-state index in [0.717, 1.165) is 31.6 Å². The van der Waals surface area contributed by atoms with Crippen LogP contribution >= 0.6 is 0 Å². The molecule has 1 fully saturated rings. The molecular formula is C25H27N3O. The van der Waals surface area contributed by atoms with Crippen molar-refractivity contribution < 1.29 is 4.79 Å². The molecule has 1 aliphatic rings. The number of nitrogens with one attached hydrogen (secondary N) is 1. The van der Waals surface area contributed by atoms with Crippen molar-refractivity contribution in [1.29, 1.82) is 0 Å². The predicted molar refractivity (Wildman–Crippen MR) is 116 cm³/mol. The predicted octanol–water partition coefficient (Wildman–Crippen LogP) is 3.97. The number of carbonyl (C=O) groups is 1. The van der Waals surface area contributed by atoms with Crippen molar-refractivity contribution in [2.45, 2.75) is 24.8 Å². The van der Waals surface area contributed by atoms with Crippen LogP contribution in [0, 0.1) is 0 Å². The normalized spacial score (nSPS) is 17.7. The van der Waals surface area contributed by atoms with Gasteiger partial charge in [0, 0.05) is 38.4 Å². The molecule has 0 bridgehead atoms. The van der Waals surface area contributed by atoms with Gasteiger partial charge in [0.05, 0.1) is 6.04 Å². The third-order valence-electron chi connectivity index (χ3n) is 5.65. The van der Waals surface area contributed by atoms with E-state index in [1.165, 1.54) is 11.1 Å². The summed E-state index contributed by atoms with van der Waals surface area (Å²) in [7, 11) is 0. The summed E-state index contributed by atoms with van der Waals surface area (Å²) in [5, 5.41) is 3.42. The third-order valence-corrected chi connectivity index (χ3v) is 5.65. The van der Waals surface area contributed by atoms with Crippen LogP contribution in [0.15, 0.2) is 85.2 Å². The fraction of sp³-hybridized carbons (Fsp3) is 0.280. The Kier molecular flexibility index (Phi) is 6.32. The van der Waals surface area contributed by atoms with Gasteiger partial charge in [-0.25, -0.2) is 0 Å². The zero-order chi connectivity index (χ0) is 19.9. The number of carbonyl (C=O) groups excluding carboxylic acids is 1. The number of hydrogen-bond donors (Lipinski definition) is 1. The molecule has 1 saturated heterocycles. The van der Waals surface area contributed by atoms with Crippen LogP contribution in [-0.2, 0) is 11.2 Å². The van der Waals surface area contributed by atoms with E-state index in [0.29, 0.717) is 6.42 Å². The first-order valence-electron chi connectivity index (χ1n) is 10.3. The summed E-state index contributed by atoms with van der Waals surface area (Å²) in [6.07, 6.45) is 5.02. The van der Waals surface area contributed by atoms with Crippen molar-refractivity contribution in [2.24, 2.45) is 0 Å². The summed E-state index contributed by atoms with van der Waals surface area (Å²) in [6, 6.07) is 24.9. The molecule has 2 aromatic carbocycles. The molecule has 148 valence electrons. The molecule has 0 spiro atoms. The van der Waals surface area contributed by atoms with Crippen LogP contribution in [0.25, 0.3) is 0 Å². The molecule has 2 atom stereocenters. The molecule has 4 heteroatoms. The molecule has 2 unspecified atom stereocenters. The van der Waals surface area contributed by atoms with Gasteiger partial charge in [-0.1, -0.05) is 66.7 Å². The molecule has 3 aromatic rings. The van der Waals surface area contributed by atoms with Gasteiger partial charge in [-0.15, -0.1) is 0 Å². The summed E-state index contributed by atoms with van der Waals surface area (Å²) in [5.41, 5.74) is 3.57. The summed E-state index contributed by atoms with van der Waals surface area (Å²) in [4.78, 5) is 19.7. The lowest BCUT2D eigenvalue weighted by atomic mass is 9.88. The van der Waals surface area contributed by atoms with E-state index in [9.17, 15) is 4.79 Å². The third kappa shape index (κ3) is 4.90. The molecule has 1 aromatic heterocycles. The number of amides is 1. The molecule has 1 aliphatic heterocycles. The number of pyridine rings is 1. The molecule has 2 heterocycles. The smallest absolute Gasteiger partial charge is 0.223 e. The van der Waals surface area contributed by atoms with Gasteiger partial charge in [-0.2, -0.15) is 0 Å². The first-order valence-corrected chi connectivity index (χ1v) is 10.3. The molecule has 4 rings (SSSR count). The maximum atomic E-state index is 13.4. The highest BCUT2D eigenvalue weighted by Crippen LogP contribution is 2.28. The Morgan fingerprint density at radius 3 is 2.52 bits per heavy atom. The van der Waals surface area contributed by atoms with E-state index in [-0.39, 0.29) is 17.9 Å². The Morgan fingerprint density at radius 1 is 1.03 bits per heavy atom. The minimum absolute atomic E-state index is 0.0399. The monoisotopic (exact) mass is 385 g/mol. The van der Waals surface area contributed by atoms with Gasteiger partial charge in [-0.3, -0.25) is 9.78 Å². The van der Waals surface area contributed by atoms with Crippen LogP contribution in [0.2, 0.25) is 0 Å². The van der Waals surface area contributed by atoms with Gasteiger partial charge in [0.25, 0.3) is 0 Å². The lowest BCUT2D eigenvalue weighted by Crippen LogP contribution is -2.49. The Morgan fingerprint density at radius 2 is 1.79 bits per heavy atom. The molecule has 0 aliphatic carbocycles. The quantitative estimate of drug-likeness (QED) is 0.698. The van der Waals surface area contributed by atoms with Crippen LogP contribution in [-0.4, -0.2) is 35.4 Å². The topological polar surface area (TPSA) is 45.2 Å². The second-order valence-corrected chi connectivity index (χ2v) is 7.59. The summed E-state index contributed by atoms with van der Waals surface area (Å²) in [5.74, 6) is 0.376. The van der Waals surface area contributed by atoms with Crippen molar-refractivity contribution >= 4 is 5.91 Å². The van der Waals surface area contributed by atoms with Gasteiger partial charge in [-0.05, 0) is 35.1 Å². The second-order valence-electron chi connectivity index (χ2n) is 7.59. The SMILES string of the molecule is O=C(CC(Cc1ccccc1)c1ccccc1)N1CCNCC1c1cccnc1. The highest BCUT2D eigenvalue weighted by molar-refractivity contribution is 5.78. The van der Waals surface area contributed by atoms with Crippen LogP contribution in [0.5, 0.6) is 0 Å². The number of hydrogen-bond acceptors (Lipinski definition) is 3. The minimum Gasteiger partial charge on any atom is -0.333 e. The zero-order valence-electron chi connectivity index (χ0n) is 16.6. The van der Waals surface area contributed by atoms with Crippen molar-refractivity contribution in [3.8, 4) is 0 Å². The van der Waals surface area contributed by atoms with Gasteiger partial charge >= 0.3 is 0 Å². The van der Waals surface area contributed by atoms with E-state index in [1.807, 2.05) is 29.3 Å². The van der Waals surface area contributed by atoms with Crippen molar-refractivity contribution in [3.05, 3.63) is 102 Å². The Hall–Kier alpha value is -2.98. The van der Waals surface area contributed by atoms with E-state index >= 15 is 0 Å². The maximum Gasteiger partial charge on any atom is 0.223 e. The summed E-state index contributed by atoms with van der Waals surface area (Å²) < 4.78 is 0. The number of piperazine rings is 1. The molecule has 1 amide bonds. The van der Waals surface area contributed by atoms with Crippen molar-refractivity contribution in [3.63, 3.8) is 0 Å². The number of aromatic nitrogens is 1. The van der Waals surface area contributed by atoms with Crippen molar-refractivity contribution in [1.82, 2.24) is 15.2 Å². The second kappa shape index (κ2) is 9.48. The van der Waals surface area contributed by atoms with Crippen molar-refractivity contribution in [2.75, 3.05) is 19.6 Å². The lowest BCUT2D eigenvalue weighted by molar-refractivity contribution is -0.135. The molecule has 0 saturated carbocycles. The first-order chi connectivity index (χ1) is 14.3. The lowest BCUT2D eigenvalue weighted by Gasteiger charge is -2.37. The summed E-state index contributed by atoms with van der Waals surface area (Å²) >= 11 is 0. The number of nitrogens with zero attached hydrogens (tertiary/aromatic N) is 2. The molecule has 29 heavy (non-hydrogen) atoms. The van der Waals surface area contributed by atoms with E-state index in [4.69, 9.17) is 0 Å². The molecule has 1 N–H and O–H groups in total. The highest BCUT2D eigenvalue weighted by atomic mass is 16.2. The van der Waals surface area contributed by atoms with Gasteiger partial charge < -0.3 is 10.2 Å². The highest BCUT2D eigenvalue weighted by Gasteiger charge is 2.29. The van der Waals surface area contributed by atoms with Gasteiger partial charge in [0.1, 0.15) is 0 Å². The Bertz CT molecular complexity index is 899. The average molecular weight is 386 g/mol. The molecular weight excluding hydrogens is 358 g/mol. The van der Waals surface area contributed by atoms with E-state index in [2.05, 4.69) is 64.9 Å². The average Bonchev–Trinajstić information content (AvgIpc) is 2.80. The summed E-state index contributed by atoms with van der Waals surface area (Å²) in [6.45, 7) is 2.33. The van der Waals surface area contributed by atoms with Crippen LogP contribution in [0.4, 0.5) is 0 Å². The van der Waals surface area contributed by atoms with Crippen LogP contribution in [0.3, 0.4) is 0 Å².